The third-order valence-electron chi connectivity index (χ3n) is 2.47. The molecule has 2 aromatic heterocycles. The van der Waals surface area contributed by atoms with Gasteiger partial charge in [-0.25, -0.2) is 9.37 Å². The van der Waals surface area contributed by atoms with Crippen molar-refractivity contribution < 1.29 is 9.18 Å². The van der Waals surface area contributed by atoms with Crippen molar-refractivity contribution in [3.05, 3.63) is 35.5 Å². The number of aromatic nitrogens is 2. The van der Waals surface area contributed by atoms with Gasteiger partial charge in [0.25, 0.3) is 0 Å². The summed E-state index contributed by atoms with van der Waals surface area (Å²) in [4.78, 5) is 18.4. The molecule has 2 heterocycles. The van der Waals surface area contributed by atoms with E-state index >= 15 is 0 Å². The first-order valence-corrected chi connectivity index (χ1v) is 5.12. The summed E-state index contributed by atoms with van der Waals surface area (Å²) in [6.07, 6.45) is 1.66. The number of Topliss-reactive ketones (excluding diaryl/α,β-unsaturated/α-hetero) is 1. The number of hydrogen-bond acceptors (Lipinski definition) is 3. The number of fused-ring (bicyclic) bond motifs is 1. The van der Waals surface area contributed by atoms with Crippen LogP contribution in [0.5, 0.6) is 0 Å². The Hall–Kier alpha value is -2.17. The second-order valence-corrected chi connectivity index (χ2v) is 3.85. The highest BCUT2D eigenvalue weighted by Crippen LogP contribution is 2.22. The zero-order chi connectivity index (χ0) is 12.6. The van der Waals surface area contributed by atoms with Gasteiger partial charge in [-0.3, -0.25) is 4.79 Å². The number of ketones is 1. The monoisotopic (exact) mass is 233 g/mol. The van der Waals surface area contributed by atoms with Crippen LogP contribution in [-0.2, 0) is 4.79 Å². The zero-order valence-corrected chi connectivity index (χ0v) is 9.54. The van der Waals surface area contributed by atoms with Crippen LogP contribution in [0.1, 0.15) is 19.5 Å². The highest BCUT2D eigenvalue weighted by atomic mass is 19.1. The molecule has 88 valence electrons. The van der Waals surface area contributed by atoms with Crippen molar-refractivity contribution in [3.63, 3.8) is 0 Å². The molecule has 0 aliphatic heterocycles. The van der Waals surface area contributed by atoms with Crippen LogP contribution in [0.15, 0.2) is 24.0 Å². The van der Waals surface area contributed by atoms with E-state index in [0.29, 0.717) is 11.0 Å². The number of hydrogen-bond donors (Lipinski definition) is 2. The van der Waals surface area contributed by atoms with Gasteiger partial charge in [-0.2, -0.15) is 0 Å². The highest BCUT2D eigenvalue weighted by molar-refractivity contribution is 6.20. The smallest absolute Gasteiger partial charge is 0.163 e. The number of nitrogens with two attached hydrogens (primary N) is 1. The van der Waals surface area contributed by atoms with Crippen LogP contribution < -0.4 is 5.73 Å². The van der Waals surface area contributed by atoms with Crippen LogP contribution >= 0.6 is 0 Å². The van der Waals surface area contributed by atoms with Crippen LogP contribution in [0.2, 0.25) is 0 Å². The molecule has 0 aliphatic carbocycles. The fraction of sp³-hybridized carbons (Fsp3) is 0.167. The molecule has 0 amide bonds. The van der Waals surface area contributed by atoms with Gasteiger partial charge < -0.3 is 10.7 Å². The second-order valence-electron chi connectivity index (χ2n) is 3.85. The Morgan fingerprint density at radius 1 is 1.47 bits per heavy atom. The van der Waals surface area contributed by atoms with E-state index in [-0.39, 0.29) is 22.7 Å². The molecule has 0 saturated carbocycles. The van der Waals surface area contributed by atoms with Gasteiger partial charge in [-0.15, -0.1) is 0 Å². The highest BCUT2D eigenvalue weighted by Gasteiger charge is 2.17. The number of aromatic amines is 1. The van der Waals surface area contributed by atoms with Gasteiger partial charge in [0.1, 0.15) is 17.2 Å². The number of nitrogens with one attached hydrogen (secondary N) is 1. The lowest BCUT2D eigenvalue weighted by molar-refractivity contribution is -0.111. The minimum absolute atomic E-state index is 0.00699. The largest absolute Gasteiger partial charge is 0.402 e. The lowest BCUT2D eigenvalue weighted by atomic mass is 10.1. The van der Waals surface area contributed by atoms with Crippen LogP contribution in [0.4, 0.5) is 4.39 Å². The predicted octanol–water partition coefficient (Wildman–Crippen LogP) is 1.98. The molecule has 2 rings (SSSR count). The Morgan fingerprint density at radius 3 is 2.76 bits per heavy atom. The molecule has 0 aromatic carbocycles. The maximum absolute atomic E-state index is 13.8. The first-order chi connectivity index (χ1) is 8.00. The summed E-state index contributed by atoms with van der Waals surface area (Å²) >= 11 is 0. The summed E-state index contributed by atoms with van der Waals surface area (Å²) in [6.45, 7) is 2.89. The number of pyridine rings is 1. The summed E-state index contributed by atoms with van der Waals surface area (Å²) in [5.74, 6) is -0.852. The van der Waals surface area contributed by atoms with Gasteiger partial charge in [0.05, 0.1) is 5.57 Å². The third kappa shape index (κ3) is 1.91. The summed E-state index contributed by atoms with van der Waals surface area (Å²) in [6, 6.07) is 3.04. The number of carbonyl (C=O) groups is 1. The SMILES string of the molecule is CC(=O)C(=C(C)N)c1nc2[nH]ccc2cc1F. The molecular formula is C12H12FN3O. The van der Waals surface area contributed by atoms with Crippen molar-refractivity contribution in [1.29, 1.82) is 0 Å². The van der Waals surface area contributed by atoms with Crippen molar-refractivity contribution in [1.82, 2.24) is 9.97 Å². The maximum atomic E-state index is 13.8. The molecule has 2 aromatic rings. The topological polar surface area (TPSA) is 71.8 Å². The molecule has 5 heteroatoms. The molecule has 0 aliphatic rings. The van der Waals surface area contributed by atoms with E-state index in [1.165, 1.54) is 13.0 Å². The average molecular weight is 233 g/mol. The Morgan fingerprint density at radius 2 is 2.18 bits per heavy atom. The quantitative estimate of drug-likeness (QED) is 0.779. The molecule has 0 fully saturated rings. The normalized spacial score (nSPS) is 12.6. The van der Waals surface area contributed by atoms with Gasteiger partial charge in [-0.1, -0.05) is 0 Å². The van der Waals surface area contributed by atoms with Crippen LogP contribution in [0, 0.1) is 5.82 Å². The number of carbonyl (C=O) groups excluding carboxylic acids is 1. The van der Waals surface area contributed by atoms with E-state index in [4.69, 9.17) is 5.73 Å². The van der Waals surface area contributed by atoms with Crippen molar-refractivity contribution >= 4 is 22.4 Å². The Labute approximate surface area is 97.3 Å². The molecule has 17 heavy (non-hydrogen) atoms. The summed E-state index contributed by atoms with van der Waals surface area (Å²) < 4.78 is 13.8. The molecule has 0 bridgehead atoms. The van der Waals surface area contributed by atoms with Crippen molar-refractivity contribution in [3.8, 4) is 0 Å². The first kappa shape index (κ1) is 11.3. The van der Waals surface area contributed by atoms with Crippen molar-refractivity contribution in [2.24, 2.45) is 5.73 Å². The van der Waals surface area contributed by atoms with Crippen LogP contribution in [-0.4, -0.2) is 15.8 Å². The summed E-state index contributed by atoms with van der Waals surface area (Å²) in [7, 11) is 0. The first-order valence-electron chi connectivity index (χ1n) is 5.12. The third-order valence-corrected chi connectivity index (χ3v) is 2.47. The fourth-order valence-corrected chi connectivity index (χ4v) is 1.76. The molecular weight excluding hydrogens is 221 g/mol. The molecule has 4 nitrogen and oxygen atoms in total. The minimum Gasteiger partial charge on any atom is -0.402 e. The lowest BCUT2D eigenvalue weighted by Gasteiger charge is -2.07. The van der Waals surface area contributed by atoms with E-state index in [1.54, 1.807) is 19.2 Å². The summed E-state index contributed by atoms with van der Waals surface area (Å²) in [5.41, 5.74) is 6.51. The lowest BCUT2D eigenvalue weighted by Crippen LogP contribution is -2.08. The fourth-order valence-electron chi connectivity index (χ4n) is 1.76. The Bertz CT molecular complexity index is 624. The van der Waals surface area contributed by atoms with E-state index in [1.807, 2.05) is 0 Å². The van der Waals surface area contributed by atoms with Gasteiger partial charge in [0, 0.05) is 17.3 Å². The Balaban J connectivity index is 2.73. The number of allylic oxidation sites excluding steroid dienone is 2. The number of halogens is 1. The van der Waals surface area contributed by atoms with Gasteiger partial charge in [0.2, 0.25) is 0 Å². The maximum Gasteiger partial charge on any atom is 0.163 e. The van der Waals surface area contributed by atoms with Crippen molar-refractivity contribution in [2.45, 2.75) is 13.8 Å². The molecule has 0 radical (unpaired) electrons. The van der Waals surface area contributed by atoms with Crippen LogP contribution in [0.25, 0.3) is 16.6 Å². The molecule has 0 atom stereocenters. The number of nitrogens with zero attached hydrogens (tertiary/aromatic N) is 1. The molecule has 3 N–H and O–H groups in total. The van der Waals surface area contributed by atoms with Gasteiger partial charge in [-0.05, 0) is 26.0 Å². The van der Waals surface area contributed by atoms with E-state index in [0.717, 1.165) is 0 Å². The van der Waals surface area contributed by atoms with Gasteiger partial charge in [0.15, 0.2) is 5.78 Å². The summed E-state index contributed by atoms with van der Waals surface area (Å²) in [5, 5.41) is 0.656. The van der Waals surface area contributed by atoms with E-state index in [9.17, 15) is 9.18 Å². The second kappa shape index (κ2) is 4.01. The van der Waals surface area contributed by atoms with Crippen LogP contribution in [0.3, 0.4) is 0 Å². The average Bonchev–Trinajstić information content (AvgIpc) is 2.64. The molecule has 0 saturated heterocycles. The standard InChI is InChI=1S/C12H12FN3O/c1-6(14)10(7(2)17)11-9(13)5-8-3-4-15-12(8)16-11/h3-5H,14H2,1-2H3,(H,15,16). The molecule has 0 spiro atoms. The van der Waals surface area contributed by atoms with Gasteiger partial charge >= 0.3 is 0 Å². The van der Waals surface area contributed by atoms with Crippen molar-refractivity contribution in [2.75, 3.05) is 0 Å². The van der Waals surface area contributed by atoms with E-state index in [2.05, 4.69) is 9.97 Å². The van der Waals surface area contributed by atoms with E-state index < -0.39 is 5.82 Å². The predicted molar refractivity (Wildman–Crippen MR) is 63.5 cm³/mol. The minimum atomic E-state index is -0.549. The molecule has 0 unspecified atom stereocenters. The number of rotatable bonds is 2. The number of H-pyrrole nitrogens is 1. The Kier molecular flexibility index (Phi) is 2.67. The zero-order valence-electron chi connectivity index (χ0n) is 9.54.